The predicted octanol–water partition coefficient (Wildman–Crippen LogP) is 4.84. The number of halogens is 1. The fourth-order valence-electron chi connectivity index (χ4n) is 2.16. The summed E-state index contributed by atoms with van der Waals surface area (Å²) in [5, 5.41) is 3.30. The lowest BCUT2D eigenvalue weighted by atomic mass is 10.2. The van der Waals surface area contributed by atoms with Crippen LogP contribution < -0.4 is 10.2 Å². The van der Waals surface area contributed by atoms with Gasteiger partial charge in [-0.1, -0.05) is 19.4 Å². The average molecular weight is 363 g/mol. The molecule has 0 aliphatic rings. The summed E-state index contributed by atoms with van der Waals surface area (Å²) in [6.45, 7) is 7.26. The Bertz CT molecular complexity index is 643. The second-order valence-corrected chi connectivity index (χ2v) is 6.43. The lowest BCUT2D eigenvalue weighted by molar-refractivity contribution is 0.758. The van der Waals surface area contributed by atoms with Crippen molar-refractivity contribution in [3.63, 3.8) is 0 Å². The third-order valence-electron chi connectivity index (χ3n) is 3.45. The SMILES string of the molecule is CCCCN(C)c1cc(C)nc(Nc2ccc(C)cc2Br)n1. The molecule has 4 nitrogen and oxygen atoms in total. The Kier molecular flexibility index (Phi) is 5.77. The summed E-state index contributed by atoms with van der Waals surface area (Å²) in [4.78, 5) is 11.3. The topological polar surface area (TPSA) is 41.1 Å². The number of aryl methyl sites for hydroxylation is 2. The van der Waals surface area contributed by atoms with Crippen molar-refractivity contribution in [3.05, 3.63) is 40.0 Å². The lowest BCUT2D eigenvalue weighted by Gasteiger charge is -2.19. The monoisotopic (exact) mass is 362 g/mol. The van der Waals surface area contributed by atoms with E-state index < -0.39 is 0 Å². The molecule has 1 aromatic carbocycles. The zero-order valence-corrected chi connectivity index (χ0v) is 15.2. The molecule has 0 radical (unpaired) electrons. The molecule has 0 unspecified atom stereocenters. The number of unbranched alkanes of at least 4 members (excludes halogenated alkanes) is 1. The Balaban J connectivity index is 2.22. The van der Waals surface area contributed by atoms with E-state index in [1.807, 2.05) is 19.1 Å². The predicted molar refractivity (Wildman–Crippen MR) is 97.1 cm³/mol. The van der Waals surface area contributed by atoms with Crippen LogP contribution >= 0.6 is 15.9 Å². The van der Waals surface area contributed by atoms with Gasteiger partial charge in [-0.25, -0.2) is 4.98 Å². The molecule has 0 spiro atoms. The minimum Gasteiger partial charge on any atom is -0.360 e. The fourth-order valence-corrected chi connectivity index (χ4v) is 2.75. The van der Waals surface area contributed by atoms with Crippen molar-refractivity contribution in [2.75, 3.05) is 23.8 Å². The average Bonchev–Trinajstić information content (AvgIpc) is 2.47. The zero-order chi connectivity index (χ0) is 16.1. The molecule has 22 heavy (non-hydrogen) atoms. The molecule has 5 heteroatoms. The molecule has 0 aliphatic heterocycles. The van der Waals surface area contributed by atoms with E-state index in [9.17, 15) is 0 Å². The molecule has 0 amide bonds. The number of benzene rings is 1. The van der Waals surface area contributed by atoms with E-state index in [2.05, 4.69) is 69.1 Å². The van der Waals surface area contributed by atoms with Crippen LogP contribution in [0.2, 0.25) is 0 Å². The Labute approximate surface area is 141 Å². The number of aromatic nitrogens is 2. The first-order chi connectivity index (χ1) is 10.5. The summed E-state index contributed by atoms with van der Waals surface area (Å²) in [6, 6.07) is 8.19. The van der Waals surface area contributed by atoms with Gasteiger partial charge >= 0.3 is 0 Å². The van der Waals surface area contributed by atoms with E-state index in [0.717, 1.165) is 34.6 Å². The number of hydrogen-bond donors (Lipinski definition) is 1. The van der Waals surface area contributed by atoms with E-state index in [1.54, 1.807) is 0 Å². The third kappa shape index (κ3) is 4.44. The summed E-state index contributed by atoms with van der Waals surface area (Å²) in [5.74, 6) is 1.58. The van der Waals surface area contributed by atoms with Gasteiger partial charge in [0, 0.05) is 29.8 Å². The Morgan fingerprint density at radius 2 is 1.95 bits per heavy atom. The molecule has 0 aliphatic carbocycles. The van der Waals surface area contributed by atoms with Gasteiger partial charge in [-0.3, -0.25) is 0 Å². The highest BCUT2D eigenvalue weighted by Crippen LogP contribution is 2.26. The van der Waals surface area contributed by atoms with Crippen LogP contribution in [0.5, 0.6) is 0 Å². The molecule has 1 aromatic heterocycles. The molecular weight excluding hydrogens is 340 g/mol. The lowest BCUT2D eigenvalue weighted by Crippen LogP contribution is -2.20. The van der Waals surface area contributed by atoms with E-state index >= 15 is 0 Å². The molecular formula is C17H23BrN4. The van der Waals surface area contributed by atoms with E-state index in [-0.39, 0.29) is 0 Å². The molecule has 118 valence electrons. The molecule has 2 rings (SSSR count). The van der Waals surface area contributed by atoms with Crippen molar-refractivity contribution in [3.8, 4) is 0 Å². The first-order valence-electron chi connectivity index (χ1n) is 7.59. The van der Waals surface area contributed by atoms with Gasteiger partial charge in [0.1, 0.15) is 5.82 Å². The second-order valence-electron chi connectivity index (χ2n) is 5.57. The van der Waals surface area contributed by atoms with Crippen molar-refractivity contribution >= 4 is 33.4 Å². The molecule has 2 aromatic rings. The molecule has 1 heterocycles. The van der Waals surface area contributed by atoms with Crippen molar-refractivity contribution in [2.24, 2.45) is 0 Å². The number of anilines is 3. The summed E-state index contributed by atoms with van der Waals surface area (Å²) in [6.07, 6.45) is 2.33. The molecule has 1 N–H and O–H groups in total. The molecule has 0 bridgehead atoms. The Morgan fingerprint density at radius 3 is 2.64 bits per heavy atom. The summed E-state index contributed by atoms with van der Waals surface area (Å²) < 4.78 is 1.01. The highest BCUT2D eigenvalue weighted by atomic mass is 79.9. The third-order valence-corrected chi connectivity index (χ3v) is 4.11. The van der Waals surface area contributed by atoms with Crippen molar-refractivity contribution in [2.45, 2.75) is 33.6 Å². The zero-order valence-electron chi connectivity index (χ0n) is 13.7. The Morgan fingerprint density at radius 1 is 1.18 bits per heavy atom. The second kappa shape index (κ2) is 7.58. The number of hydrogen-bond acceptors (Lipinski definition) is 4. The van der Waals surface area contributed by atoms with Gasteiger partial charge in [0.2, 0.25) is 5.95 Å². The first kappa shape index (κ1) is 16.7. The summed E-state index contributed by atoms with van der Waals surface area (Å²) >= 11 is 3.58. The van der Waals surface area contributed by atoms with Gasteiger partial charge < -0.3 is 10.2 Å². The Hall–Kier alpha value is -1.62. The van der Waals surface area contributed by atoms with Crippen molar-refractivity contribution < 1.29 is 0 Å². The molecule has 0 fully saturated rings. The minimum atomic E-state index is 0.628. The minimum absolute atomic E-state index is 0.628. The fraction of sp³-hybridized carbons (Fsp3) is 0.412. The van der Waals surface area contributed by atoms with Crippen LogP contribution in [-0.4, -0.2) is 23.6 Å². The maximum absolute atomic E-state index is 4.63. The number of nitrogens with zero attached hydrogens (tertiary/aromatic N) is 3. The molecule has 0 atom stereocenters. The van der Waals surface area contributed by atoms with E-state index in [4.69, 9.17) is 0 Å². The molecule has 0 saturated carbocycles. The maximum atomic E-state index is 4.63. The van der Waals surface area contributed by atoms with Crippen molar-refractivity contribution in [1.29, 1.82) is 0 Å². The summed E-state index contributed by atoms with van der Waals surface area (Å²) in [7, 11) is 2.07. The quantitative estimate of drug-likeness (QED) is 0.798. The maximum Gasteiger partial charge on any atom is 0.229 e. The van der Waals surface area contributed by atoms with Gasteiger partial charge in [0.15, 0.2) is 0 Å². The normalized spacial score (nSPS) is 10.6. The van der Waals surface area contributed by atoms with Crippen LogP contribution in [0.15, 0.2) is 28.7 Å². The van der Waals surface area contributed by atoms with Crippen LogP contribution in [0.4, 0.5) is 17.5 Å². The standard InChI is InChI=1S/C17H23BrN4/c1-5-6-9-22(4)16-11-13(3)19-17(21-16)20-15-8-7-12(2)10-14(15)18/h7-8,10-11H,5-6,9H2,1-4H3,(H,19,20,21). The summed E-state index contributed by atoms with van der Waals surface area (Å²) in [5.41, 5.74) is 3.14. The van der Waals surface area contributed by atoms with Crippen LogP contribution in [0.3, 0.4) is 0 Å². The van der Waals surface area contributed by atoms with E-state index in [1.165, 1.54) is 12.0 Å². The van der Waals surface area contributed by atoms with Crippen LogP contribution in [0, 0.1) is 13.8 Å². The van der Waals surface area contributed by atoms with Crippen LogP contribution in [0.25, 0.3) is 0 Å². The van der Waals surface area contributed by atoms with Crippen LogP contribution in [-0.2, 0) is 0 Å². The van der Waals surface area contributed by atoms with Crippen molar-refractivity contribution in [1.82, 2.24) is 9.97 Å². The van der Waals surface area contributed by atoms with Gasteiger partial charge in [-0.2, -0.15) is 4.98 Å². The van der Waals surface area contributed by atoms with Crippen LogP contribution in [0.1, 0.15) is 31.0 Å². The molecule has 0 saturated heterocycles. The van der Waals surface area contributed by atoms with Gasteiger partial charge in [0.05, 0.1) is 5.69 Å². The highest BCUT2D eigenvalue weighted by molar-refractivity contribution is 9.10. The van der Waals surface area contributed by atoms with E-state index in [0.29, 0.717) is 5.95 Å². The smallest absolute Gasteiger partial charge is 0.229 e. The number of rotatable bonds is 6. The highest BCUT2D eigenvalue weighted by Gasteiger charge is 2.08. The van der Waals surface area contributed by atoms with Gasteiger partial charge in [0.25, 0.3) is 0 Å². The van der Waals surface area contributed by atoms with Gasteiger partial charge in [-0.15, -0.1) is 0 Å². The van der Waals surface area contributed by atoms with Gasteiger partial charge in [-0.05, 0) is 53.9 Å². The number of nitrogens with one attached hydrogen (secondary N) is 1. The first-order valence-corrected chi connectivity index (χ1v) is 8.39. The largest absolute Gasteiger partial charge is 0.360 e.